The maximum Gasteiger partial charge on any atom is 0.239 e. The molecule has 32 heavy (non-hydrogen) atoms. The van der Waals surface area contributed by atoms with Crippen LogP contribution in [0, 0.1) is 5.92 Å². The van der Waals surface area contributed by atoms with Crippen LogP contribution in [0.5, 0.6) is 5.75 Å². The Hall–Kier alpha value is -2.97. The van der Waals surface area contributed by atoms with Crippen molar-refractivity contribution < 1.29 is 19.1 Å². The van der Waals surface area contributed by atoms with E-state index in [1.54, 1.807) is 36.4 Å². The smallest absolute Gasteiger partial charge is 0.239 e. The molecule has 2 aliphatic rings. The minimum absolute atomic E-state index is 0.0588. The van der Waals surface area contributed by atoms with Crippen LogP contribution in [-0.4, -0.2) is 51.0 Å². The van der Waals surface area contributed by atoms with Crippen LogP contribution >= 0.6 is 23.2 Å². The molecule has 0 aliphatic carbocycles. The van der Waals surface area contributed by atoms with Gasteiger partial charge in [0.1, 0.15) is 5.75 Å². The second kappa shape index (κ2) is 9.26. The Balaban J connectivity index is 1.44. The second-order valence-corrected chi connectivity index (χ2v) is 8.49. The first-order valence-corrected chi connectivity index (χ1v) is 10.9. The van der Waals surface area contributed by atoms with Crippen molar-refractivity contribution in [3.63, 3.8) is 0 Å². The van der Waals surface area contributed by atoms with Gasteiger partial charge in [-0.25, -0.2) is 0 Å². The maximum absolute atomic E-state index is 12.8. The highest BCUT2D eigenvalue weighted by molar-refractivity contribution is 6.33. The summed E-state index contributed by atoms with van der Waals surface area (Å²) in [4.78, 5) is 40.5. The fourth-order valence-corrected chi connectivity index (χ4v) is 4.39. The third-order valence-corrected chi connectivity index (χ3v) is 6.06. The van der Waals surface area contributed by atoms with Crippen molar-refractivity contribution in [2.24, 2.45) is 5.92 Å². The fourth-order valence-electron chi connectivity index (χ4n) is 3.92. The maximum atomic E-state index is 12.8. The van der Waals surface area contributed by atoms with Gasteiger partial charge in [0.25, 0.3) is 0 Å². The van der Waals surface area contributed by atoms with Gasteiger partial charge in [-0.1, -0.05) is 23.2 Å². The molecule has 2 aliphatic heterocycles. The molecule has 2 heterocycles. The quantitative estimate of drug-likeness (QED) is 0.691. The molecule has 0 radical (unpaired) electrons. The van der Waals surface area contributed by atoms with Crippen molar-refractivity contribution in [1.82, 2.24) is 5.32 Å². The fraction of sp³-hybridized carbons (Fsp3) is 0.318. The van der Waals surface area contributed by atoms with Crippen molar-refractivity contribution in [1.29, 1.82) is 0 Å². The number of amides is 3. The lowest BCUT2D eigenvalue weighted by molar-refractivity contribution is -0.122. The zero-order chi connectivity index (χ0) is 22.8. The molecule has 1 unspecified atom stereocenters. The second-order valence-electron chi connectivity index (χ2n) is 7.65. The predicted molar refractivity (Wildman–Crippen MR) is 124 cm³/mol. The van der Waals surface area contributed by atoms with Crippen LogP contribution in [-0.2, 0) is 14.4 Å². The van der Waals surface area contributed by atoms with Crippen LogP contribution in [0.2, 0.25) is 10.0 Å². The van der Waals surface area contributed by atoms with Gasteiger partial charge in [-0.2, -0.15) is 0 Å². The number of methoxy groups -OCH3 is 1. The van der Waals surface area contributed by atoms with Gasteiger partial charge >= 0.3 is 0 Å². The summed E-state index contributed by atoms with van der Waals surface area (Å²) in [6.07, 6.45) is 0.0796. The van der Waals surface area contributed by atoms with E-state index < -0.39 is 5.92 Å². The van der Waals surface area contributed by atoms with Crippen molar-refractivity contribution in [3.05, 3.63) is 46.4 Å². The van der Waals surface area contributed by atoms with Crippen molar-refractivity contribution in [2.45, 2.75) is 6.42 Å². The third-order valence-electron chi connectivity index (χ3n) is 5.52. The van der Waals surface area contributed by atoms with Crippen LogP contribution in [0.25, 0.3) is 0 Å². The van der Waals surface area contributed by atoms with Crippen molar-refractivity contribution in [2.75, 3.05) is 48.4 Å². The molecule has 0 bridgehead atoms. The largest absolute Gasteiger partial charge is 0.495 e. The lowest BCUT2D eigenvalue weighted by Crippen LogP contribution is -2.47. The molecule has 0 saturated carbocycles. The molecular weight excluding hydrogens is 455 g/mol. The molecular formula is C22H22Cl2N4O4. The molecule has 3 amide bonds. The van der Waals surface area contributed by atoms with E-state index in [0.29, 0.717) is 40.3 Å². The van der Waals surface area contributed by atoms with E-state index in [9.17, 15) is 14.4 Å². The van der Waals surface area contributed by atoms with Crippen LogP contribution < -0.4 is 25.2 Å². The SMILES string of the molecule is COc1ccc(Cl)cc1N1CC(C(=O)Nc2ccc(N3CCNC(=O)C3)c(Cl)c2)CC1=O. The Labute approximate surface area is 195 Å². The van der Waals surface area contributed by atoms with Gasteiger partial charge in [0.15, 0.2) is 0 Å². The van der Waals surface area contributed by atoms with Crippen LogP contribution in [0.3, 0.4) is 0 Å². The lowest BCUT2D eigenvalue weighted by atomic mass is 10.1. The summed E-state index contributed by atoms with van der Waals surface area (Å²) in [5.74, 6) is -0.532. The standard InChI is InChI=1S/C22H22Cl2N4O4/c1-32-19-5-2-14(23)9-18(19)28-11-13(8-21(28)30)22(31)26-15-3-4-17(16(24)10-15)27-7-6-25-20(29)12-27/h2-5,9-10,13H,6-8,11-12H2,1H3,(H,25,29)(H,26,31). The first-order chi connectivity index (χ1) is 15.4. The third kappa shape index (κ3) is 4.61. The van der Waals surface area contributed by atoms with E-state index in [1.165, 1.54) is 12.0 Å². The summed E-state index contributed by atoms with van der Waals surface area (Å²) >= 11 is 12.5. The normalized spacial score (nSPS) is 18.5. The number of carbonyl (C=O) groups excluding carboxylic acids is 3. The molecule has 0 aromatic heterocycles. The molecule has 2 N–H and O–H groups in total. The first-order valence-electron chi connectivity index (χ1n) is 10.1. The number of nitrogens with zero attached hydrogens (tertiary/aromatic N) is 2. The summed E-state index contributed by atoms with van der Waals surface area (Å²) in [5, 5.41) is 6.52. The number of ether oxygens (including phenoxy) is 1. The van der Waals surface area contributed by atoms with Gasteiger partial charge in [0, 0.05) is 36.8 Å². The summed E-state index contributed by atoms with van der Waals surface area (Å²) in [6, 6.07) is 10.2. The van der Waals surface area contributed by atoms with Crippen molar-refractivity contribution >= 4 is 58.0 Å². The van der Waals surface area contributed by atoms with Crippen LogP contribution in [0.15, 0.2) is 36.4 Å². The number of hydrogen-bond acceptors (Lipinski definition) is 5. The highest BCUT2D eigenvalue weighted by atomic mass is 35.5. The van der Waals surface area contributed by atoms with Gasteiger partial charge in [-0.3, -0.25) is 14.4 Å². The van der Waals surface area contributed by atoms with E-state index >= 15 is 0 Å². The highest BCUT2D eigenvalue weighted by Gasteiger charge is 2.36. The average molecular weight is 477 g/mol. The molecule has 2 aromatic carbocycles. The molecule has 2 aromatic rings. The Bertz CT molecular complexity index is 1080. The lowest BCUT2D eigenvalue weighted by Gasteiger charge is -2.29. The molecule has 2 saturated heterocycles. The highest BCUT2D eigenvalue weighted by Crippen LogP contribution is 2.36. The molecule has 0 spiro atoms. The van der Waals surface area contributed by atoms with Gasteiger partial charge in [0.05, 0.1) is 36.0 Å². The van der Waals surface area contributed by atoms with Gasteiger partial charge in [-0.15, -0.1) is 0 Å². The first kappa shape index (κ1) is 22.2. The summed E-state index contributed by atoms with van der Waals surface area (Å²) < 4.78 is 5.34. The molecule has 1 atom stereocenters. The van der Waals surface area contributed by atoms with Crippen molar-refractivity contribution in [3.8, 4) is 5.75 Å². The minimum Gasteiger partial charge on any atom is -0.495 e. The van der Waals surface area contributed by atoms with E-state index in [4.69, 9.17) is 27.9 Å². The van der Waals surface area contributed by atoms with Crippen LogP contribution in [0.1, 0.15) is 6.42 Å². The molecule has 10 heteroatoms. The molecule has 168 valence electrons. The van der Waals surface area contributed by atoms with Gasteiger partial charge in [0.2, 0.25) is 17.7 Å². The Morgan fingerprint density at radius 2 is 1.97 bits per heavy atom. The number of carbonyl (C=O) groups is 3. The van der Waals surface area contributed by atoms with E-state index in [-0.39, 0.29) is 37.2 Å². The molecule has 2 fully saturated rings. The monoisotopic (exact) mass is 476 g/mol. The Morgan fingerprint density at radius 1 is 1.16 bits per heavy atom. The Kier molecular flexibility index (Phi) is 6.43. The predicted octanol–water partition coefficient (Wildman–Crippen LogP) is 2.93. The zero-order valence-electron chi connectivity index (χ0n) is 17.4. The average Bonchev–Trinajstić information content (AvgIpc) is 3.15. The Morgan fingerprint density at radius 3 is 2.69 bits per heavy atom. The number of benzene rings is 2. The number of halogens is 2. The number of piperazine rings is 1. The number of rotatable bonds is 5. The minimum atomic E-state index is -0.532. The number of nitrogens with one attached hydrogen (secondary N) is 2. The van der Waals surface area contributed by atoms with E-state index in [1.807, 2.05) is 4.90 Å². The van der Waals surface area contributed by atoms with E-state index in [0.717, 1.165) is 5.69 Å². The topological polar surface area (TPSA) is 91.0 Å². The number of hydrogen-bond donors (Lipinski definition) is 2. The van der Waals surface area contributed by atoms with Gasteiger partial charge in [-0.05, 0) is 36.4 Å². The van der Waals surface area contributed by atoms with Crippen LogP contribution in [0.4, 0.5) is 17.1 Å². The van der Waals surface area contributed by atoms with Gasteiger partial charge < -0.3 is 25.2 Å². The summed E-state index contributed by atoms with van der Waals surface area (Å²) in [6.45, 7) is 1.66. The summed E-state index contributed by atoms with van der Waals surface area (Å²) in [7, 11) is 1.52. The summed E-state index contributed by atoms with van der Waals surface area (Å²) in [5.41, 5.74) is 1.80. The van der Waals surface area contributed by atoms with E-state index in [2.05, 4.69) is 10.6 Å². The molecule has 8 nitrogen and oxygen atoms in total. The molecule has 4 rings (SSSR count). The zero-order valence-corrected chi connectivity index (χ0v) is 18.9. The number of anilines is 3.